The standard InChI is InChI=1S/C26H34F2N4O3S/c1-35-26-24(32-36(33,34)25-7-5-19(27)13-22(25)28)12-18(15-31-26)16-4-6-23-21(11-16)20(8-10-30-23)17-3-2-9-29-14-17/h4-7,11,13,17-18,20,24,26,29-32H,2-3,8-10,12,14-15H2,1H3. The number of benzene rings is 2. The summed E-state index contributed by atoms with van der Waals surface area (Å²) >= 11 is 0. The average Bonchev–Trinajstić information content (AvgIpc) is 2.88. The van der Waals surface area contributed by atoms with Crippen molar-refractivity contribution in [3.05, 3.63) is 59.2 Å². The fraction of sp³-hybridized carbons (Fsp3) is 0.538. The summed E-state index contributed by atoms with van der Waals surface area (Å²) in [5.41, 5.74) is 3.67. The number of sulfonamides is 1. The lowest BCUT2D eigenvalue weighted by Gasteiger charge is -2.38. The van der Waals surface area contributed by atoms with E-state index in [1.807, 2.05) is 0 Å². The summed E-state index contributed by atoms with van der Waals surface area (Å²) in [5, 5.41) is 10.4. The predicted molar refractivity (Wildman–Crippen MR) is 135 cm³/mol. The van der Waals surface area contributed by atoms with Crippen molar-refractivity contribution in [2.45, 2.75) is 54.7 Å². The van der Waals surface area contributed by atoms with Gasteiger partial charge in [0.15, 0.2) is 0 Å². The van der Waals surface area contributed by atoms with Gasteiger partial charge in [-0.25, -0.2) is 21.9 Å². The summed E-state index contributed by atoms with van der Waals surface area (Å²) in [4.78, 5) is -0.579. The SMILES string of the molecule is COC1NCC(c2ccc3c(c2)C(C2CCCNC2)CCN3)CC1NS(=O)(=O)c1ccc(F)cc1F. The highest BCUT2D eigenvalue weighted by Gasteiger charge is 2.36. The van der Waals surface area contributed by atoms with Crippen LogP contribution in [-0.4, -0.2) is 54.0 Å². The third-order valence-electron chi connectivity index (χ3n) is 7.83. The number of halogens is 2. The van der Waals surface area contributed by atoms with Crippen LogP contribution in [0, 0.1) is 17.6 Å². The summed E-state index contributed by atoms with van der Waals surface area (Å²) < 4.78 is 61.6. The first-order valence-electron chi connectivity index (χ1n) is 12.7. The zero-order valence-electron chi connectivity index (χ0n) is 20.4. The van der Waals surface area contributed by atoms with Gasteiger partial charge in [-0.15, -0.1) is 0 Å². The Morgan fingerprint density at radius 3 is 2.67 bits per heavy atom. The van der Waals surface area contributed by atoms with Gasteiger partial charge in [0.1, 0.15) is 22.8 Å². The zero-order valence-corrected chi connectivity index (χ0v) is 21.2. The van der Waals surface area contributed by atoms with Crippen molar-refractivity contribution in [1.29, 1.82) is 0 Å². The second kappa shape index (κ2) is 10.7. The van der Waals surface area contributed by atoms with E-state index in [1.54, 1.807) is 0 Å². The summed E-state index contributed by atoms with van der Waals surface area (Å²) in [6.07, 6.45) is 3.44. The van der Waals surface area contributed by atoms with E-state index in [9.17, 15) is 17.2 Å². The van der Waals surface area contributed by atoms with Gasteiger partial charge >= 0.3 is 0 Å². The third-order valence-corrected chi connectivity index (χ3v) is 9.36. The highest BCUT2D eigenvalue weighted by atomic mass is 32.2. The Bertz CT molecular complexity index is 1190. The van der Waals surface area contributed by atoms with Crippen molar-refractivity contribution >= 4 is 15.7 Å². The molecule has 7 nitrogen and oxygen atoms in total. The summed E-state index contributed by atoms with van der Waals surface area (Å²) in [6.45, 7) is 3.72. The first-order valence-corrected chi connectivity index (χ1v) is 14.2. The topological polar surface area (TPSA) is 91.5 Å². The van der Waals surface area contributed by atoms with E-state index in [4.69, 9.17) is 4.74 Å². The van der Waals surface area contributed by atoms with E-state index >= 15 is 0 Å². The van der Waals surface area contributed by atoms with Gasteiger partial charge in [-0.3, -0.25) is 5.32 Å². The van der Waals surface area contributed by atoms with E-state index < -0.39 is 38.8 Å². The molecular formula is C26H34F2N4O3S. The fourth-order valence-electron chi connectivity index (χ4n) is 6.01. The van der Waals surface area contributed by atoms with Gasteiger partial charge in [-0.2, -0.15) is 0 Å². The molecule has 2 aromatic carbocycles. The molecule has 0 aromatic heterocycles. The molecule has 2 fully saturated rings. The minimum absolute atomic E-state index is 0.0412. The molecule has 196 valence electrons. The molecule has 3 aliphatic rings. The highest BCUT2D eigenvalue weighted by Crippen LogP contribution is 2.41. The number of methoxy groups -OCH3 is 1. The molecule has 0 saturated carbocycles. The maximum atomic E-state index is 14.3. The quantitative estimate of drug-likeness (QED) is 0.468. The number of ether oxygens (including phenoxy) is 1. The molecule has 0 spiro atoms. The van der Waals surface area contributed by atoms with Gasteiger partial charge in [0.05, 0.1) is 6.04 Å². The van der Waals surface area contributed by atoms with E-state index in [0.29, 0.717) is 30.9 Å². The first kappa shape index (κ1) is 25.5. The van der Waals surface area contributed by atoms with Crippen molar-refractivity contribution in [1.82, 2.24) is 15.4 Å². The molecule has 5 unspecified atom stereocenters. The van der Waals surface area contributed by atoms with E-state index in [0.717, 1.165) is 43.8 Å². The Kier molecular flexibility index (Phi) is 7.60. The Balaban J connectivity index is 1.37. The normalized spacial score (nSPS) is 28.8. The number of nitrogens with one attached hydrogen (secondary N) is 4. The first-order chi connectivity index (χ1) is 17.4. The van der Waals surface area contributed by atoms with Crippen molar-refractivity contribution in [2.75, 3.05) is 38.6 Å². The van der Waals surface area contributed by atoms with Crippen molar-refractivity contribution < 1.29 is 21.9 Å². The predicted octanol–water partition coefficient (Wildman–Crippen LogP) is 3.26. The molecule has 0 amide bonds. The largest absolute Gasteiger partial charge is 0.385 e. The van der Waals surface area contributed by atoms with Gasteiger partial charge in [-0.1, -0.05) is 12.1 Å². The van der Waals surface area contributed by atoms with Gasteiger partial charge in [0.2, 0.25) is 10.0 Å². The van der Waals surface area contributed by atoms with E-state index in [-0.39, 0.29) is 5.92 Å². The van der Waals surface area contributed by atoms with Crippen LogP contribution in [0.2, 0.25) is 0 Å². The van der Waals surface area contributed by atoms with Crippen LogP contribution >= 0.6 is 0 Å². The number of anilines is 1. The van der Waals surface area contributed by atoms with E-state index in [1.165, 1.54) is 31.2 Å². The van der Waals surface area contributed by atoms with Crippen LogP contribution in [0.25, 0.3) is 0 Å². The lowest BCUT2D eigenvalue weighted by atomic mass is 9.76. The minimum atomic E-state index is -4.22. The molecular weight excluding hydrogens is 486 g/mol. The van der Waals surface area contributed by atoms with Crippen LogP contribution in [-0.2, 0) is 14.8 Å². The zero-order chi connectivity index (χ0) is 25.3. The second-order valence-corrected chi connectivity index (χ2v) is 11.8. The number of rotatable bonds is 6. The molecule has 5 atom stereocenters. The molecule has 36 heavy (non-hydrogen) atoms. The molecule has 2 aromatic rings. The fourth-order valence-corrected chi connectivity index (χ4v) is 7.32. The molecule has 10 heteroatoms. The Morgan fingerprint density at radius 1 is 1.06 bits per heavy atom. The summed E-state index contributed by atoms with van der Waals surface area (Å²) in [5.74, 6) is -0.804. The molecule has 2 saturated heterocycles. The molecule has 3 heterocycles. The van der Waals surface area contributed by atoms with E-state index in [2.05, 4.69) is 38.9 Å². The monoisotopic (exact) mass is 520 g/mol. The molecule has 4 N–H and O–H groups in total. The van der Waals surface area contributed by atoms with Crippen LogP contribution < -0.4 is 20.7 Å². The van der Waals surface area contributed by atoms with Gasteiger partial charge < -0.3 is 15.4 Å². The number of fused-ring (bicyclic) bond motifs is 1. The van der Waals surface area contributed by atoms with Gasteiger partial charge in [0.25, 0.3) is 0 Å². The van der Waals surface area contributed by atoms with Crippen LogP contribution in [0.3, 0.4) is 0 Å². The van der Waals surface area contributed by atoms with Crippen LogP contribution in [0.1, 0.15) is 48.6 Å². The molecule has 0 bridgehead atoms. The maximum absolute atomic E-state index is 14.3. The van der Waals surface area contributed by atoms with Crippen LogP contribution in [0.5, 0.6) is 0 Å². The molecule has 3 aliphatic heterocycles. The van der Waals surface area contributed by atoms with Crippen molar-refractivity contribution in [2.24, 2.45) is 5.92 Å². The lowest BCUT2D eigenvalue weighted by molar-refractivity contribution is 0.0263. The molecule has 0 aliphatic carbocycles. The minimum Gasteiger partial charge on any atom is -0.385 e. The third kappa shape index (κ3) is 5.28. The number of hydrogen-bond acceptors (Lipinski definition) is 6. The lowest BCUT2D eigenvalue weighted by Crippen LogP contribution is -2.56. The number of piperidine rings is 2. The smallest absolute Gasteiger partial charge is 0.243 e. The Hall–Kier alpha value is -2.11. The maximum Gasteiger partial charge on any atom is 0.243 e. The second-order valence-electron chi connectivity index (χ2n) is 10.1. The van der Waals surface area contributed by atoms with Crippen molar-refractivity contribution in [3.63, 3.8) is 0 Å². The average molecular weight is 521 g/mol. The van der Waals surface area contributed by atoms with Crippen LogP contribution in [0.15, 0.2) is 41.3 Å². The Labute approximate surface area is 211 Å². The van der Waals surface area contributed by atoms with Crippen LogP contribution in [0.4, 0.5) is 14.5 Å². The summed E-state index contributed by atoms with van der Waals surface area (Å²) in [6, 6.07) is 8.36. The molecule has 5 rings (SSSR count). The van der Waals surface area contributed by atoms with Gasteiger partial charge in [-0.05, 0) is 85.9 Å². The summed E-state index contributed by atoms with van der Waals surface area (Å²) in [7, 11) is -2.72. The number of hydrogen-bond donors (Lipinski definition) is 4. The van der Waals surface area contributed by atoms with Crippen molar-refractivity contribution in [3.8, 4) is 0 Å². The highest BCUT2D eigenvalue weighted by molar-refractivity contribution is 7.89. The van der Waals surface area contributed by atoms with Gasteiger partial charge in [0, 0.05) is 32.0 Å². The molecule has 0 radical (unpaired) electrons. The Morgan fingerprint density at radius 2 is 1.92 bits per heavy atom.